The molecule has 0 saturated carbocycles. The molecule has 0 radical (unpaired) electrons. The number of hydrogen-bond acceptors (Lipinski definition) is 3. The topological polar surface area (TPSA) is 59.7 Å². The fourth-order valence-electron chi connectivity index (χ4n) is 1.86. The van der Waals surface area contributed by atoms with E-state index in [4.69, 9.17) is 13.2 Å². The van der Waals surface area contributed by atoms with Crippen LogP contribution in [0.3, 0.4) is 0 Å². The van der Waals surface area contributed by atoms with Gasteiger partial charge in [0.05, 0.1) is 0 Å². The summed E-state index contributed by atoms with van der Waals surface area (Å²) in [6, 6.07) is 12.8. The van der Waals surface area contributed by atoms with Gasteiger partial charge in [0.1, 0.15) is 5.58 Å². The molecule has 3 rings (SSSR count). The van der Waals surface area contributed by atoms with Crippen molar-refractivity contribution in [1.82, 2.24) is 0 Å². The first kappa shape index (κ1) is 10.3. The smallest absolute Gasteiger partial charge is 0.357 e. The summed E-state index contributed by atoms with van der Waals surface area (Å²) in [5, 5.41) is 1.82. The van der Waals surface area contributed by atoms with Gasteiger partial charge in [0.15, 0.2) is 11.3 Å². The third-order valence-electron chi connectivity index (χ3n) is 2.53. The largest absolute Gasteiger partial charge is 0.452 e. The Morgan fingerprint density at radius 1 is 1.06 bits per heavy atom. The van der Waals surface area contributed by atoms with Crippen molar-refractivity contribution in [3.05, 3.63) is 42.5 Å². The van der Waals surface area contributed by atoms with E-state index in [1.807, 2.05) is 30.3 Å². The second-order valence-corrected chi connectivity index (χ2v) is 4.13. The van der Waals surface area contributed by atoms with Crippen LogP contribution in [0.2, 0.25) is 0 Å². The molecule has 0 fully saturated rings. The van der Waals surface area contributed by atoms with E-state index in [-0.39, 0.29) is 5.75 Å². The molecule has 0 amide bonds. The number of fused-ring (bicyclic) bond motifs is 3. The van der Waals surface area contributed by atoms with E-state index in [1.165, 1.54) is 0 Å². The first-order valence-corrected chi connectivity index (χ1v) is 5.98. The number of rotatable bonds is 2. The summed E-state index contributed by atoms with van der Waals surface area (Å²) in [5.74, 6) is 0.263. The minimum Gasteiger partial charge on any atom is -0.452 e. The molecule has 1 aromatic heterocycles. The summed E-state index contributed by atoms with van der Waals surface area (Å²) in [4.78, 5) is 0. The van der Waals surface area contributed by atoms with E-state index in [2.05, 4.69) is 0 Å². The van der Waals surface area contributed by atoms with Crippen LogP contribution >= 0.6 is 0 Å². The highest BCUT2D eigenvalue weighted by Gasteiger charge is 2.12. The molecule has 1 N–H and O–H groups in total. The second kappa shape index (κ2) is 3.87. The van der Waals surface area contributed by atoms with Crippen LogP contribution in [-0.2, 0) is 11.4 Å². The van der Waals surface area contributed by atoms with E-state index >= 15 is 0 Å². The molecule has 0 aliphatic rings. The van der Waals surface area contributed by atoms with E-state index in [0.717, 1.165) is 16.4 Å². The molecule has 0 aliphatic heterocycles. The van der Waals surface area contributed by atoms with Crippen LogP contribution in [0.25, 0.3) is 21.9 Å². The van der Waals surface area contributed by atoms with Crippen molar-refractivity contribution in [3.63, 3.8) is 0 Å². The lowest BCUT2D eigenvalue weighted by Crippen LogP contribution is -1.97. The highest BCUT2D eigenvalue weighted by atomic mass is 32.2. The quantitative estimate of drug-likeness (QED) is 0.708. The Morgan fingerprint density at radius 2 is 1.82 bits per heavy atom. The molecule has 0 aliphatic carbocycles. The van der Waals surface area contributed by atoms with Crippen LogP contribution in [0, 0.1) is 0 Å². The molecule has 0 bridgehead atoms. The lowest BCUT2D eigenvalue weighted by atomic mass is 10.1. The van der Waals surface area contributed by atoms with Gasteiger partial charge in [-0.05, 0) is 12.1 Å². The molecule has 4 nitrogen and oxygen atoms in total. The Kier molecular flexibility index (Phi) is 2.35. The van der Waals surface area contributed by atoms with Crippen molar-refractivity contribution in [1.29, 1.82) is 0 Å². The molecule has 3 aromatic rings. The minimum absolute atomic E-state index is 0.263. The number of benzene rings is 2. The van der Waals surface area contributed by atoms with Crippen molar-refractivity contribution in [3.8, 4) is 5.75 Å². The molecular weight excluding hydrogens is 240 g/mol. The van der Waals surface area contributed by atoms with Crippen molar-refractivity contribution in [2.45, 2.75) is 0 Å². The van der Waals surface area contributed by atoms with Crippen molar-refractivity contribution in [2.75, 3.05) is 0 Å². The second-order valence-electron chi connectivity index (χ2n) is 3.53. The summed E-state index contributed by atoms with van der Waals surface area (Å²) < 4.78 is 29.8. The summed E-state index contributed by atoms with van der Waals surface area (Å²) >= 11 is -2.35. The summed E-state index contributed by atoms with van der Waals surface area (Å²) in [6.07, 6.45) is 0. The fraction of sp³-hybridized carbons (Fsp3) is 0. The summed E-state index contributed by atoms with van der Waals surface area (Å²) in [5.41, 5.74) is 1.21. The van der Waals surface area contributed by atoms with Gasteiger partial charge >= 0.3 is 11.4 Å². The number of furan rings is 1. The average molecular weight is 248 g/mol. The van der Waals surface area contributed by atoms with Gasteiger partial charge in [0, 0.05) is 10.8 Å². The summed E-state index contributed by atoms with van der Waals surface area (Å²) in [6.45, 7) is 0. The molecule has 0 saturated heterocycles. The Labute approximate surface area is 99.3 Å². The third-order valence-corrected chi connectivity index (χ3v) is 2.85. The van der Waals surface area contributed by atoms with Gasteiger partial charge in [-0.1, -0.05) is 30.3 Å². The lowest BCUT2D eigenvalue weighted by Gasteiger charge is -1.99. The van der Waals surface area contributed by atoms with Gasteiger partial charge < -0.3 is 8.60 Å². The van der Waals surface area contributed by atoms with Gasteiger partial charge in [-0.25, -0.2) is 0 Å². The Balaban J connectivity index is 2.35. The predicted molar refractivity (Wildman–Crippen MR) is 65.1 cm³/mol. The van der Waals surface area contributed by atoms with Gasteiger partial charge in [-0.15, -0.1) is 0 Å². The highest BCUT2D eigenvalue weighted by molar-refractivity contribution is 7.74. The standard InChI is InChI=1S/C12H8O4S/c13-17(14)16-11-7-3-5-9-8-4-1-2-6-10(8)15-12(9)11/h1-7H,(H,13,14). The van der Waals surface area contributed by atoms with Gasteiger partial charge in [0.2, 0.25) is 0 Å². The van der Waals surface area contributed by atoms with Gasteiger partial charge in [0.25, 0.3) is 0 Å². The maximum absolute atomic E-state index is 10.7. The first-order valence-electron chi connectivity index (χ1n) is 4.95. The fourth-order valence-corrected chi connectivity index (χ4v) is 2.15. The molecule has 1 heterocycles. The maximum Gasteiger partial charge on any atom is 0.357 e. The highest BCUT2D eigenvalue weighted by Crippen LogP contribution is 2.34. The molecule has 86 valence electrons. The lowest BCUT2D eigenvalue weighted by molar-refractivity contribution is 0.455. The Morgan fingerprint density at radius 3 is 2.65 bits per heavy atom. The van der Waals surface area contributed by atoms with Crippen LogP contribution in [0.4, 0.5) is 0 Å². The zero-order valence-electron chi connectivity index (χ0n) is 8.62. The van der Waals surface area contributed by atoms with Crippen LogP contribution in [0.15, 0.2) is 46.9 Å². The SMILES string of the molecule is O=S(O)Oc1cccc2c1oc1ccccc12. The zero-order valence-corrected chi connectivity index (χ0v) is 9.44. The predicted octanol–water partition coefficient (Wildman–Crippen LogP) is 3.10. The van der Waals surface area contributed by atoms with Crippen LogP contribution in [0.5, 0.6) is 5.75 Å². The molecule has 5 heteroatoms. The van der Waals surface area contributed by atoms with E-state index < -0.39 is 11.4 Å². The molecule has 2 aromatic carbocycles. The van der Waals surface area contributed by atoms with E-state index in [9.17, 15) is 4.21 Å². The van der Waals surface area contributed by atoms with Crippen molar-refractivity contribution < 1.29 is 17.4 Å². The number of hydrogen-bond donors (Lipinski definition) is 1. The monoisotopic (exact) mass is 248 g/mol. The van der Waals surface area contributed by atoms with E-state index in [1.54, 1.807) is 12.1 Å². The number of para-hydroxylation sites is 2. The Hall–Kier alpha value is -1.85. The van der Waals surface area contributed by atoms with Crippen LogP contribution in [-0.4, -0.2) is 8.76 Å². The molecule has 0 spiro atoms. The van der Waals surface area contributed by atoms with Gasteiger partial charge in [-0.2, -0.15) is 4.21 Å². The normalized spacial score (nSPS) is 13.0. The van der Waals surface area contributed by atoms with E-state index in [0.29, 0.717) is 5.58 Å². The van der Waals surface area contributed by atoms with Crippen LogP contribution < -0.4 is 4.18 Å². The zero-order chi connectivity index (χ0) is 11.8. The van der Waals surface area contributed by atoms with Crippen molar-refractivity contribution >= 4 is 33.3 Å². The van der Waals surface area contributed by atoms with Gasteiger partial charge in [-0.3, -0.25) is 4.55 Å². The maximum atomic E-state index is 10.7. The van der Waals surface area contributed by atoms with Crippen molar-refractivity contribution in [2.24, 2.45) is 0 Å². The Bertz CT molecular complexity index is 717. The molecule has 1 atom stereocenters. The molecule has 1 unspecified atom stereocenters. The average Bonchev–Trinajstić information content (AvgIpc) is 2.68. The third kappa shape index (κ3) is 1.69. The summed E-state index contributed by atoms with van der Waals surface area (Å²) in [7, 11) is 0. The molecule has 17 heavy (non-hydrogen) atoms. The van der Waals surface area contributed by atoms with Crippen LogP contribution in [0.1, 0.15) is 0 Å². The first-order chi connectivity index (χ1) is 8.25. The molecular formula is C12H8O4S. The minimum atomic E-state index is -2.35.